The van der Waals surface area contributed by atoms with Crippen LogP contribution < -0.4 is 5.32 Å². The number of aliphatic hydroxyl groups is 1. The Hall–Kier alpha value is -0.870. The molecule has 1 rings (SSSR count). The van der Waals surface area contributed by atoms with Crippen LogP contribution in [0, 0.1) is 5.92 Å². The third kappa shape index (κ3) is 3.02. The number of hydrogen-bond donors (Lipinski definition) is 2. The van der Waals surface area contributed by atoms with Crippen LogP contribution in [0.5, 0.6) is 0 Å². The van der Waals surface area contributed by atoms with Gasteiger partial charge in [-0.3, -0.25) is 0 Å². The molecule has 0 aromatic carbocycles. The molecule has 0 spiro atoms. The second kappa shape index (κ2) is 4.90. The molecule has 1 aromatic heterocycles. The molecule has 0 aliphatic heterocycles. The highest BCUT2D eigenvalue weighted by Crippen LogP contribution is 1.96. The van der Waals surface area contributed by atoms with Gasteiger partial charge in [0, 0.05) is 13.2 Å². The Morgan fingerprint density at radius 2 is 2.58 bits per heavy atom. The second-order valence-electron chi connectivity index (χ2n) is 2.89. The Balaban J connectivity index is 2.11. The number of oxazole rings is 1. The Morgan fingerprint density at radius 3 is 3.17 bits per heavy atom. The Labute approximate surface area is 71.6 Å². The smallest absolute Gasteiger partial charge is 0.180 e. The van der Waals surface area contributed by atoms with Crippen LogP contribution in [0.4, 0.5) is 0 Å². The van der Waals surface area contributed by atoms with Crippen molar-refractivity contribution in [2.75, 3.05) is 13.2 Å². The quantitative estimate of drug-likeness (QED) is 0.671. The summed E-state index contributed by atoms with van der Waals surface area (Å²) in [6.45, 7) is 3.65. The van der Waals surface area contributed by atoms with E-state index in [4.69, 9.17) is 9.52 Å². The fourth-order valence-corrected chi connectivity index (χ4v) is 0.836. The summed E-state index contributed by atoms with van der Waals surface area (Å²) in [6.07, 6.45) is 3.09. The maximum atomic E-state index is 8.72. The minimum Gasteiger partial charge on any atom is -0.447 e. The molecule has 0 saturated heterocycles. The molecule has 1 aromatic rings. The third-order valence-electron chi connectivity index (χ3n) is 1.59. The molecule has 4 heteroatoms. The van der Waals surface area contributed by atoms with Gasteiger partial charge < -0.3 is 14.8 Å². The minimum atomic E-state index is 0.212. The topological polar surface area (TPSA) is 58.3 Å². The van der Waals surface area contributed by atoms with Gasteiger partial charge >= 0.3 is 0 Å². The fraction of sp³-hybridized carbons (Fsp3) is 0.625. The number of aromatic nitrogens is 1. The molecule has 0 amide bonds. The van der Waals surface area contributed by atoms with E-state index >= 15 is 0 Å². The molecule has 0 aliphatic carbocycles. The first-order valence-electron chi connectivity index (χ1n) is 4.02. The molecule has 0 fully saturated rings. The predicted molar refractivity (Wildman–Crippen MR) is 44.5 cm³/mol. The first-order valence-corrected chi connectivity index (χ1v) is 4.02. The summed E-state index contributed by atoms with van der Waals surface area (Å²) < 4.78 is 5.01. The van der Waals surface area contributed by atoms with Gasteiger partial charge in [0.25, 0.3) is 0 Å². The van der Waals surface area contributed by atoms with Gasteiger partial charge in [-0.15, -0.1) is 0 Å². The molecular formula is C8H14N2O2. The number of aliphatic hydroxyl groups excluding tert-OH is 1. The van der Waals surface area contributed by atoms with E-state index in [9.17, 15) is 0 Å². The normalized spacial score (nSPS) is 13.2. The van der Waals surface area contributed by atoms with Gasteiger partial charge in [0.2, 0.25) is 0 Å². The van der Waals surface area contributed by atoms with Crippen molar-refractivity contribution in [1.82, 2.24) is 10.3 Å². The van der Waals surface area contributed by atoms with Crippen molar-refractivity contribution in [3.05, 3.63) is 18.4 Å². The Morgan fingerprint density at radius 1 is 1.75 bits per heavy atom. The average Bonchev–Trinajstić information content (AvgIpc) is 2.57. The summed E-state index contributed by atoms with van der Waals surface area (Å²) in [5.74, 6) is 1.10. The molecule has 12 heavy (non-hydrogen) atoms. The lowest BCUT2D eigenvalue weighted by molar-refractivity contribution is 0.232. The third-order valence-corrected chi connectivity index (χ3v) is 1.59. The molecule has 1 heterocycles. The van der Waals surface area contributed by atoms with Crippen LogP contribution in [0.2, 0.25) is 0 Å². The number of hydrogen-bond acceptors (Lipinski definition) is 4. The van der Waals surface area contributed by atoms with Gasteiger partial charge in [-0.05, 0) is 5.92 Å². The lowest BCUT2D eigenvalue weighted by atomic mass is 10.2. The van der Waals surface area contributed by atoms with Crippen molar-refractivity contribution in [1.29, 1.82) is 0 Å². The van der Waals surface area contributed by atoms with E-state index in [0.29, 0.717) is 6.54 Å². The standard InChI is InChI=1S/C8H14N2O2/c1-7(5-11)2-9-3-8-4-10-6-12-8/h4,6-7,9,11H,2-3,5H2,1H3. The van der Waals surface area contributed by atoms with E-state index in [-0.39, 0.29) is 12.5 Å². The summed E-state index contributed by atoms with van der Waals surface area (Å²) in [5.41, 5.74) is 0. The zero-order chi connectivity index (χ0) is 8.81. The van der Waals surface area contributed by atoms with Crippen LogP contribution in [-0.4, -0.2) is 23.2 Å². The molecule has 2 N–H and O–H groups in total. The van der Waals surface area contributed by atoms with E-state index in [0.717, 1.165) is 12.3 Å². The van der Waals surface area contributed by atoms with Crippen molar-refractivity contribution in [3.63, 3.8) is 0 Å². The molecular weight excluding hydrogens is 156 g/mol. The van der Waals surface area contributed by atoms with Gasteiger partial charge in [0.1, 0.15) is 5.76 Å². The molecule has 1 unspecified atom stereocenters. The van der Waals surface area contributed by atoms with Crippen molar-refractivity contribution in [2.24, 2.45) is 5.92 Å². The maximum Gasteiger partial charge on any atom is 0.180 e. The van der Waals surface area contributed by atoms with E-state index in [1.54, 1.807) is 6.20 Å². The molecule has 0 aliphatic rings. The second-order valence-corrected chi connectivity index (χ2v) is 2.89. The SMILES string of the molecule is CC(CO)CNCc1cnco1. The van der Waals surface area contributed by atoms with Crippen LogP contribution in [0.15, 0.2) is 17.0 Å². The Kier molecular flexibility index (Phi) is 3.76. The lowest BCUT2D eigenvalue weighted by Gasteiger charge is -2.07. The number of nitrogens with zero attached hydrogens (tertiary/aromatic N) is 1. The van der Waals surface area contributed by atoms with Crippen molar-refractivity contribution >= 4 is 0 Å². The molecule has 4 nitrogen and oxygen atoms in total. The van der Waals surface area contributed by atoms with E-state index in [1.165, 1.54) is 6.39 Å². The van der Waals surface area contributed by atoms with Gasteiger partial charge in [0.15, 0.2) is 6.39 Å². The van der Waals surface area contributed by atoms with E-state index in [2.05, 4.69) is 10.3 Å². The largest absolute Gasteiger partial charge is 0.447 e. The van der Waals surface area contributed by atoms with Gasteiger partial charge in [-0.2, -0.15) is 0 Å². The predicted octanol–water partition coefficient (Wildman–Crippen LogP) is 0.393. The van der Waals surface area contributed by atoms with Crippen LogP contribution in [0.1, 0.15) is 12.7 Å². The first kappa shape index (κ1) is 9.22. The molecule has 0 radical (unpaired) electrons. The summed E-state index contributed by atoms with van der Waals surface area (Å²) in [4.78, 5) is 3.78. The molecule has 1 atom stereocenters. The zero-order valence-corrected chi connectivity index (χ0v) is 7.16. The van der Waals surface area contributed by atoms with Crippen molar-refractivity contribution in [2.45, 2.75) is 13.5 Å². The Bertz CT molecular complexity index is 199. The van der Waals surface area contributed by atoms with E-state index in [1.807, 2.05) is 6.92 Å². The zero-order valence-electron chi connectivity index (χ0n) is 7.16. The molecule has 0 bridgehead atoms. The van der Waals surface area contributed by atoms with Crippen LogP contribution in [0.3, 0.4) is 0 Å². The summed E-state index contributed by atoms with van der Waals surface area (Å²) in [6, 6.07) is 0. The highest BCUT2D eigenvalue weighted by atomic mass is 16.3. The first-order chi connectivity index (χ1) is 5.83. The number of nitrogens with one attached hydrogen (secondary N) is 1. The van der Waals surface area contributed by atoms with Gasteiger partial charge in [-0.1, -0.05) is 6.92 Å². The monoisotopic (exact) mass is 170 g/mol. The summed E-state index contributed by atoms with van der Waals surface area (Å²) in [7, 11) is 0. The van der Waals surface area contributed by atoms with Crippen LogP contribution in [-0.2, 0) is 6.54 Å². The highest BCUT2D eigenvalue weighted by molar-refractivity contribution is 4.86. The molecule has 68 valence electrons. The van der Waals surface area contributed by atoms with Crippen molar-refractivity contribution < 1.29 is 9.52 Å². The lowest BCUT2D eigenvalue weighted by Crippen LogP contribution is -2.22. The number of rotatable bonds is 5. The van der Waals surface area contributed by atoms with Crippen LogP contribution in [0.25, 0.3) is 0 Å². The average molecular weight is 170 g/mol. The fourth-order valence-electron chi connectivity index (χ4n) is 0.836. The minimum absolute atomic E-state index is 0.212. The van der Waals surface area contributed by atoms with Crippen LogP contribution >= 0.6 is 0 Å². The molecule has 0 saturated carbocycles. The highest BCUT2D eigenvalue weighted by Gasteiger charge is 1.99. The van der Waals surface area contributed by atoms with Gasteiger partial charge in [0.05, 0.1) is 12.7 Å². The van der Waals surface area contributed by atoms with Gasteiger partial charge in [-0.25, -0.2) is 4.98 Å². The summed E-state index contributed by atoms with van der Waals surface area (Å²) in [5, 5.41) is 11.9. The summed E-state index contributed by atoms with van der Waals surface area (Å²) >= 11 is 0. The van der Waals surface area contributed by atoms with Crippen molar-refractivity contribution in [3.8, 4) is 0 Å². The maximum absolute atomic E-state index is 8.72. The van der Waals surface area contributed by atoms with E-state index < -0.39 is 0 Å².